The third-order valence-electron chi connectivity index (χ3n) is 3.96. The second-order valence-corrected chi connectivity index (χ2v) is 5.90. The number of nitro groups is 1. The van der Waals surface area contributed by atoms with Crippen LogP contribution in [0, 0.1) is 10.1 Å². The van der Waals surface area contributed by atoms with Gasteiger partial charge in [-0.1, -0.05) is 0 Å². The average Bonchev–Trinajstić information content (AvgIpc) is 2.73. The predicted octanol–water partition coefficient (Wildman–Crippen LogP) is 3.30. The number of nitro benzene ring substituents is 1. The summed E-state index contributed by atoms with van der Waals surface area (Å²) in [6.45, 7) is 1.20. The fourth-order valence-corrected chi connectivity index (χ4v) is 2.40. The van der Waals surface area contributed by atoms with Crippen molar-refractivity contribution in [3.05, 3.63) is 46.5 Å². The number of rotatable bonds is 9. The highest BCUT2D eigenvalue weighted by Gasteiger charge is 2.24. The first-order valence-corrected chi connectivity index (χ1v) is 8.57. The lowest BCUT2D eigenvalue weighted by molar-refractivity contribution is -0.384. The number of benzene rings is 2. The van der Waals surface area contributed by atoms with E-state index in [4.69, 9.17) is 14.2 Å². The molecule has 0 aliphatic carbocycles. The standard InChI is InChI=1S/C19H20N4O7/c1-11(24)18(19(25)20-14-8-6-13(28-2)10-17(14)30-4)22-21-15-7-5-12(23(26)27)9-16(15)29-3/h5-10,18H,1-4H3,(H,20,25). The van der Waals surface area contributed by atoms with Crippen LogP contribution >= 0.6 is 0 Å². The first kappa shape index (κ1) is 22.3. The fourth-order valence-electron chi connectivity index (χ4n) is 2.40. The number of ketones is 1. The number of methoxy groups -OCH3 is 3. The van der Waals surface area contributed by atoms with Crippen LogP contribution in [0.4, 0.5) is 17.1 Å². The van der Waals surface area contributed by atoms with Gasteiger partial charge >= 0.3 is 0 Å². The van der Waals surface area contributed by atoms with E-state index >= 15 is 0 Å². The van der Waals surface area contributed by atoms with Gasteiger partial charge in [0.05, 0.1) is 38.0 Å². The van der Waals surface area contributed by atoms with E-state index in [-0.39, 0.29) is 17.1 Å². The van der Waals surface area contributed by atoms with Gasteiger partial charge in [0.15, 0.2) is 11.5 Å². The summed E-state index contributed by atoms with van der Waals surface area (Å²) < 4.78 is 15.4. The van der Waals surface area contributed by atoms with Crippen molar-refractivity contribution in [1.29, 1.82) is 0 Å². The quantitative estimate of drug-likeness (QED) is 0.286. The van der Waals surface area contributed by atoms with Gasteiger partial charge in [0.1, 0.15) is 17.2 Å². The predicted molar refractivity (Wildman–Crippen MR) is 107 cm³/mol. The Kier molecular flexibility index (Phi) is 7.39. The molecule has 158 valence electrons. The molecular formula is C19H20N4O7. The summed E-state index contributed by atoms with van der Waals surface area (Å²) in [6.07, 6.45) is 0. The summed E-state index contributed by atoms with van der Waals surface area (Å²) in [5.41, 5.74) is 0.250. The zero-order valence-electron chi connectivity index (χ0n) is 16.7. The van der Waals surface area contributed by atoms with Crippen LogP contribution in [0.1, 0.15) is 6.92 Å². The minimum atomic E-state index is -1.45. The smallest absolute Gasteiger partial charge is 0.273 e. The number of azo groups is 1. The first-order valence-electron chi connectivity index (χ1n) is 8.57. The van der Waals surface area contributed by atoms with Crippen LogP contribution in [0.5, 0.6) is 17.2 Å². The van der Waals surface area contributed by atoms with Crippen LogP contribution in [0.15, 0.2) is 46.6 Å². The molecule has 0 saturated heterocycles. The van der Waals surface area contributed by atoms with Gasteiger partial charge in [-0.3, -0.25) is 19.7 Å². The van der Waals surface area contributed by atoms with Crippen LogP contribution in [0.25, 0.3) is 0 Å². The molecule has 0 radical (unpaired) electrons. The number of hydrogen-bond acceptors (Lipinski definition) is 9. The second-order valence-electron chi connectivity index (χ2n) is 5.90. The van der Waals surface area contributed by atoms with Crippen molar-refractivity contribution in [2.75, 3.05) is 26.6 Å². The van der Waals surface area contributed by atoms with Crippen molar-refractivity contribution in [1.82, 2.24) is 0 Å². The Morgan fingerprint density at radius 2 is 1.73 bits per heavy atom. The van der Waals surface area contributed by atoms with Gasteiger partial charge in [0.25, 0.3) is 11.6 Å². The van der Waals surface area contributed by atoms with E-state index in [2.05, 4.69) is 15.5 Å². The molecule has 11 nitrogen and oxygen atoms in total. The molecule has 0 aliphatic rings. The summed E-state index contributed by atoms with van der Waals surface area (Å²) in [4.78, 5) is 34.9. The minimum absolute atomic E-state index is 0.0764. The Morgan fingerprint density at radius 3 is 2.30 bits per heavy atom. The number of amides is 1. The average molecular weight is 416 g/mol. The second kappa shape index (κ2) is 9.96. The van der Waals surface area contributed by atoms with Gasteiger partial charge in [-0.05, 0) is 25.1 Å². The van der Waals surface area contributed by atoms with Gasteiger partial charge in [0.2, 0.25) is 6.04 Å². The summed E-state index contributed by atoms with van der Waals surface area (Å²) in [7, 11) is 4.22. The maximum Gasteiger partial charge on any atom is 0.273 e. The molecule has 0 heterocycles. The van der Waals surface area contributed by atoms with Crippen LogP contribution in [-0.4, -0.2) is 44.0 Å². The molecule has 2 aromatic rings. The summed E-state index contributed by atoms with van der Waals surface area (Å²) in [5.74, 6) is -0.343. The number of Topliss-reactive ketones (excluding diaryl/α,β-unsaturated/α-hetero) is 1. The van der Waals surface area contributed by atoms with Gasteiger partial charge in [0, 0.05) is 12.1 Å². The van der Waals surface area contributed by atoms with Gasteiger partial charge < -0.3 is 19.5 Å². The number of non-ortho nitro benzene ring substituents is 1. The molecule has 0 spiro atoms. The van der Waals surface area contributed by atoms with Crippen LogP contribution in [0.2, 0.25) is 0 Å². The highest BCUT2D eigenvalue weighted by molar-refractivity contribution is 6.10. The molecule has 0 aliphatic heterocycles. The monoisotopic (exact) mass is 416 g/mol. The van der Waals surface area contributed by atoms with Crippen LogP contribution in [0.3, 0.4) is 0 Å². The summed E-state index contributed by atoms with van der Waals surface area (Å²) in [6, 6.07) is 6.98. The molecule has 0 aromatic heterocycles. The van der Waals surface area contributed by atoms with E-state index in [1.807, 2.05) is 0 Å². The maximum atomic E-state index is 12.6. The summed E-state index contributed by atoms with van der Waals surface area (Å²) in [5, 5.41) is 21.1. The normalized spacial score (nSPS) is 11.6. The molecule has 11 heteroatoms. The molecule has 1 amide bonds. The van der Waals surface area contributed by atoms with Crippen molar-refractivity contribution >= 4 is 28.8 Å². The van der Waals surface area contributed by atoms with Crippen molar-refractivity contribution in [3.8, 4) is 17.2 Å². The van der Waals surface area contributed by atoms with E-state index in [9.17, 15) is 19.7 Å². The molecule has 0 saturated carbocycles. The molecular weight excluding hydrogens is 396 g/mol. The van der Waals surface area contributed by atoms with Crippen molar-refractivity contribution in [2.45, 2.75) is 13.0 Å². The Hall–Kier alpha value is -4.02. The molecule has 2 rings (SSSR count). The molecule has 1 N–H and O–H groups in total. The fraction of sp³-hybridized carbons (Fsp3) is 0.263. The highest BCUT2D eigenvalue weighted by atomic mass is 16.6. The Labute approximate surface area is 171 Å². The van der Waals surface area contributed by atoms with Gasteiger partial charge in [-0.2, -0.15) is 10.2 Å². The van der Waals surface area contributed by atoms with Crippen LogP contribution < -0.4 is 19.5 Å². The van der Waals surface area contributed by atoms with Gasteiger partial charge in [-0.25, -0.2) is 0 Å². The minimum Gasteiger partial charge on any atom is -0.497 e. The maximum absolute atomic E-state index is 12.6. The van der Waals surface area contributed by atoms with Crippen molar-refractivity contribution in [2.24, 2.45) is 10.2 Å². The number of carbonyl (C=O) groups is 2. The zero-order chi connectivity index (χ0) is 22.3. The third-order valence-corrected chi connectivity index (χ3v) is 3.96. The van der Waals surface area contributed by atoms with E-state index in [1.165, 1.54) is 46.5 Å². The third kappa shape index (κ3) is 5.28. The molecule has 1 atom stereocenters. The SMILES string of the molecule is COc1ccc(NC(=O)C(N=Nc2ccc([N+](=O)[O-])cc2OC)C(C)=O)c(OC)c1. The lowest BCUT2D eigenvalue weighted by Gasteiger charge is -2.13. The van der Waals surface area contributed by atoms with Crippen molar-refractivity contribution < 1.29 is 28.7 Å². The number of nitrogens with one attached hydrogen (secondary N) is 1. The first-order chi connectivity index (χ1) is 14.3. The Morgan fingerprint density at radius 1 is 1.03 bits per heavy atom. The number of hydrogen-bond donors (Lipinski definition) is 1. The summed E-state index contributed by atoms with van der Waals surface area (Å²) >= 11 is 0. The topological polar surface area (TPSA) is 142 Å². The number of carbonyl (C=O) groups excluding carboxylic acids is 2. The number of nitrogens with zero attached hydrogens (tertiary/aromatic N) is 3. The molecule has 0 bridgehead atoms. The molecule has 2 aromatic carbocycles. The lowest BCUT2D eigenvalue weighted by Crippen LogP contribution is -2.32. The van der Waals surface area contributed by atoms with Gasteiger partial charge in [-0.15, -0.1) is 0 Å². The van der Waals surface area contributed by atoms with E-state index < -0.39 is 22.7 Å². The largest absolute Gasteiger partial charge is 0.497 e. The molecule has 1 unspecified atom stereocenters. The van der Waals surface area contributed by atoms with Crippen LogP contribution in [-0.2, 0) is 9.59 Å². The Bertz CT molecular complexity index is 991. The molecule has 30 heavy (non-hydrogen) atoms. The van der Waals surface area contributed by atoms with Crippen molar-refractivity contribution in [3.63, 3.8) is 0 Å². The number of ether oxygens (including phenoxy) is 3. The van der Waals surface area contributed by atoms with E-state index in [0.717, 1.165) is 0 Å². The Balaban J connectivity index is 2.27. The number of anilines is 1. The molecule has 0 fully saturated rings. The van der Waals surface area contributed by atoms with E-state index in [0.29, 0.717) is 17.2 Å². The lowest BCUT2D eigenvalue weighted by atomic mass is 10.2. The highest BCUT2D eigenvalue weighted by Crippen LogP contribution is 2.32. The van der Waals surface area contributed by atoms with E-state index in [1.54, 1.807) is 18.2 Å². The zero-order valence-corrected chi connectivity index (χ0v) is 16.7.